The molecule has 0 aliphatic heterocycles. The van der Waals surface area contributed by atoms with Crippen molar-refractivity contribution in [1.29, 1.82) is 0 Å². The van der Waals surface area contributed by atoms with Gasteiger partial charge in [-0.15, -0.1) is 0 Å². The molecule has 0 fully saturated rings. The zero-order valence-corrected chi connectivity index (χ0v) is 9.75. The van der Waals surface area contributed by atoms with Crippen molar-refractivity contribution < 1.29 is 13.5 Å². The van der Waals surface area contributed by atoms with E-state index in [1.165, 1.54) is 12.3 Å². The van der Waals surface area contributed by atoms with Crippen molar-refractivity contribution in [3.63, 3.8) is 0 Å². The van der Waals surface area contributed by atoms with Gasteiger partial charge in [-0.1, -0.05) is 12.2 Å². The van der Waals surface area contributed by atoms with Gasteiger partial charge in [0.15, 0.2) is 11.6 Å². The van der Waals surface area contributed by atoms with Gasteiger partial charge in [-0.05, 0) is 18.2 Å². The third-order valence-electron chi connectivity index (χ3n) is 1.98. The molecule has 0 radical (unpaired) electrons. The Labute approximate surface area is 106 Å². The second-order valence-electron chi connectivity index (χ2n) is 3.27. The van der Waals surface area contributed by atoms with Gasteiger partial charge in [0.05, 0.1) is 0 Å². The molecule has 4 nitrogen and oxygen atoms in total. The first-order valence-corrected chi connectivity index (χ1v) is 5.23. The normalized spacial score (nSPS) is 10.1. The van der Waals surface area contributed by atoms with Crippen LogP contribution in [-0.2, 0) is 0 Å². The summed E-state index contributed by atoms with van der Waals surface area (Å²) in [6, 6.07) is 4.28. The summed E-state index contributed by atoms with van der Waals surface area (Å²) in [6.07, 6.45) is 1.37. The number of nitrogens with two attached hydrogens (primary N) is 1. The first-order valence-electron chi connectivity index (χ1n) is 4.82. The second-order valence-corrected chi connectivity index (χ2v) is 3.71. The number of aromatic nitrogens is 2. The highest BCUT2D eigenvalue weighted by atomic mass is 32.1. The average molecular weight is 267 g/mol. The summed E-state index contributed by atoms with van der Waals surface area (Å²) < 4.78 is 31.1. The Morgan fingerprint density at radius 2 is 2.06 bits per heavy atom. The van der Waals surface area contributed by atoms with Gasteiger partial charge in [0.1, 0.15) is 16.5 Å². The van der Waals surface area contributed by atoms with E-state index in [1.54, 1.807) is 0 Å². The van der Waals surface area contributed by atoms with Crippen LogP contribution in [0.5, 0.6) is 11.8 Å². The molecule has 1 aromatic heterocycles. The Kier molecular flexibility index (Phi) is 3.42. The van der Waals surface area contributed by atoms with Crippen LogP contribution in [0, 0.1) is 11.6 Å². The number of hydrogen-bond donors (Lipinski definition) is 1. The Balaban J connectivity index is 2.28. The summed E-state index contributed by atoms with van der Waals surface area (Å²) in [7, 11) is 0. The fourth-order valence-electron chi connectivity index (χ4n) is 1.18. The Bertz CT molecular complexity index is 607. The number of nitrogens with zero attached hydrogens (tertiary/aromatic N) is 2. The van der Waals surface area contributed by atoms with Crippen LogP contribution in [0.25, 0.3) is 0 Å². The molecule has 0 atom stereocenters. The maximum Gasteiger partial charge on any atom is 0.322 e. The first-order chi connectivity index (χ1) is 8.56. The molecule has 0 amide bonds. The van der Waals surface area contributed by atoms with Crippen LogP contribution in [0.15, 0.2) is 30.5 Å². The van der Waals surface area contributed by atoms with Gasteiger partial charge in [0.2, 0.25) is 0 Å². The number of hydrogen-bond acceptors (Lipinski definition) is 4. The zero-order valence-electron chi connectivity index (χ0n) is 8.93. The molecule has 2 aromatic rings. The minimum atomic E-state index is -0.848. The predicted molar refractivity (Wildman–Crippen MR) is 64.4 cm³/mol. The molecule has 0 saturated carbocycles. The van der Waals surface area contributed by atoms with Crippen LogP contribution in [0.3, 0.4) is 0 Å². The summed E-state index contributed by atoms with van der Waals surface area (Å²) in [5.74, 6) is -1.73. The van der Waals surface area contributed by atoms with E-state index in [4.69, 9.17) is 22.7 Å². The lowest BCUT2D eigenvalue weighted by Gasteiger charge is -2.05. The molecule has 7 heteroatoms. The molecule has 92 valence electrons. The Morgan fingerprint density at radius 3 is 2.72 bits per heavy atom. The lowest BCUT2D eigenvalue weighted by Crippen LogP contribution is -2.12. The van der Waals surface area contributed by atoms with Crippen molar-refractivity contribution in [3.05, 3.63) is 47.8 Å². The van der Waals surface area contributed by atoms with Gasteiger partial charge >= 0.3 is 6.01 Å². The molecule has 18 heavy (non-hydrogen) atoms. The van der Waals surface area contributed by atoms with Crippen LogP contribution in [-0.4, -0.2) is 15.0 Å². The van der Waals surface area contributed by atoms with Crippen molar-refractivity contribution >= 4 is 17.2 Å². The quantitative estimate of drug-likeness (QED) is 0.864. The SMILES string of the molecule is NC(=S)c1ccnc(Oc2ccc(F)cc2F)n1. The molecule has 0 aliphatic rings. The molecule has 0 spiro atoms. The van der Waals surface area contributed by atoms with E-state index in [9.17, 15) is 8.78 Å². The molecule has 2 rings (SSSR count). The fraction of sp³-hybridized carbons (Fsp3) is 0. The second kappa shape index (κ2) is 5.01. The largest absolute Gasteiger partial charge is 0.421 e. The first kappa shape index (κ1) is 12.3. The van der Waals surface area contributed by atoms with E-state index in [0.717, 1.165) is 12.1 Å². The third kappa shape index (κ3) is 2.75. The van der Waals surface area contributed by atoms with E-state index >= 15 is 0 Å². The van der Waals surface area contributed by atoms with Gasteiger partial charge in [0, 0.05) is 12.3 Å². The monoisotopic (exact) mass is 267 g/mol. The van der Waals surface area contributed by atoms with Gasteiger partial charge in [-0.3, -0.25) is 0 Å². The fourth-order valence-corrected chi connectivity index (χ4v) is 1.30. The van der Waals surface area contributed by atoms with Crippen molar-refractivity contribution in [2.45, 2.75) is 0 Å². The van der Waals surface area contributed by atoms with Crippen LogP contribution in [0.4, 0.5) is 8.78 Å². The minimum absolute atomic E-state index is 0.0711. The summed E-state index contributed by atoms with van der Waals surface area (Å²) in [4.78, 5) is 7.71. The van der Waals surface area contributed by atoms with Crippen molar-refractivity contribution in [3.8, 4) is 11.8 Å². The molecule has 1 heterocycles. The molecule has 0 aliphatic carbocycles. The molecule has 0 unspecified atom stereocenters. The maximum atomic E-state index is 13.3. The molecular formula is C11H7F2N3OS. The van der Waals surface area contributed by atoms with Crippen molar-refractivity contribution in [2.24, 2.45) is 5.73 Å². The summed E-state index contributed by atoms with van der Waals surface area (Å²) in [6.45, 7) is 0. The average Bonchev–Trinajstić information content (AvgIpc) is 2.33. The van der Waals surface area contributed by atoms with E-state index in [0.29, 0.717) is 11.8 Å². The number of halogens is 2. The Morgan fingerprint density at radius 1 is 1.28 bits per heavy atom. The third-order valence-corrected chi connectivity index (χ3v) is 2.19. The van der Waals surface area contributed by atoms with Crippen LogP contribution in [0.2, 0.25) is 0 Å². The molecular weight excluding hydrogens is 260 g/mol. The maximum absolute atomic E-state index is 13.3. The van der Waals surface area contributed by atoms with Gasteiger partial charge in [0.25, 0.3) is 0 Å². The minimum Gasteiger partial charge on any atom is -0.421 e. The summed E-state index contributed by atoms with van der Waals surface area (Å²) in [5, 5.41) is 0. The van der Waals surface area contributed by atoms with Gasteiger partial charge in [-0.25, -0.2) is 13.8 Å². The summed E-state index contributed by atoms with van der Waals surface area (Å²) in [5.41, 5.74) is 5.69. The predicted octanol–water partition coefficient (Wildman–Crippen LogP) is 2.18. The van der Waals surface area contributed by atoms with E-state index in [1.807, 2.05) is 0 Å². The van der Waals surface area contributed by atoms with E-state index in [-0.39, 0.29) is 16.7 Å². The number of benzene rings is 1. The lowest BCUT2D eigenvalue weighted by molar-refractivity contribution is 0.407. The lowest BCUT2D eigenvalue weighted by atomic mass is 10.3. The van der Waals surface area contributed by atoms with E-state index in [2.05, 4.69) is 9.97 Å². The standard InChI is InChI=1S/C11H7F2N3OS/c12-6-1-2-9(7(13)5-6)17-11-15-4-3-8(16-11)10(14)18/h1-5H,(H2,14,18). The highest BCUT2D eigenvalue weighted by Crippen LogP contribution is 2.22. The van der Waals surface area contributed by atoms with Crippen LogP contribution < -0.4 is 10.5 Å². The molecule has 0 bridgehead atoms. The van der Waals surface area contributed by atoms with Crippen molar-refractivity contribution in [1.82, 2.24) is 9.97 Å². The molecule has 1 aromatic carbocycles. The number of thiocarbonyl (C=S) groups is 1. The molecule has 2 N–H and O–H groups in total. The Hall–Kier alpha value is -2.15. The van der Waals surface area contributed by atoms with Gasteiger partial charge in [-0.2, -0.15) is 4.98 Å². The highest BCUT2D eigenvalue weighted by molar-refractivity contribution is 7.80. The van der Waals surface area contributed by atoms with Crippen LogP contribution >= 0.6 is 12.2 Å². The van der Waals surface area contributed by atoms with Crippen LogP contribution in [0.1, 0.15) is 5.69 Å². The topological polar surface area (TPSA) is 61.0 Å². The highest BCUT2D eigenvalue weighted by Gasteiger charge is 2.09. The van der Waals surface area contributed by atoms with Gasteiger partial charge < -0.3 is 10.5 Å². The molecule has 0 saturated heterocycles. The number of rotatable bonds is 3. The van der Waals surface area contributed by atoms with E-state index < -0.39 is 11.6 Å². The van der Waals surface area contributed by atoms with Crippen molar-refractivity contribution in [2.75, 3.05) is 0 Å². The summed E-state index contributed by atoms with van der Waals surface area (Å²) >= 11 is 4.74. The number of ether oxygens (including phenoxy) is 1. The zero-order chi connectivity index (χ0) is 13.1. The smallest absolute Gasteiger partial charge is 0.322 e.